The first-order valence-corrected chi connectivity index (χ1v) is 9.75. The first-order valence-electron chi connectivity index (χ1n) is 9.75. The molecule has 0 saturated carbocycles. The van der Waals surface area contributed by atoms with Crippen LogP contribution in [0.3, 0.4) is 0 Å². The summed E-state index contributed by atoms with van der Waals surface area (Å²) in [5.41, 5.74) is 2.25. The maximum absolute atomic E-state index is 12.1. The van der Waals surface area contributed by atoms with E-state index in [1.807, 2.05) is 30.4 Å². The van der Waals surface area contributed by atoms with Crippen LogP contribution in [0.15, 0.2) is 11.1 Å². The van der Waals surface area contributed by atoms with Gasteiger partial charge < -0.3 is 15.5 Å². The lowest BCUT2D eigenvalue weighted by Crippen LogP contribution is -2.45. The standard InChI is InChI=1S/C19H34N6O/c1-6-20-19(21-9-7-10-25-16(5)12-15(4)23-25)22-17-8-11-24(13-17)18(26)14(2)3/h12,14,17H,6-11,13H2,1-5H3,(H2,20,21,22). The molecule has 0 aromatic carbocycles. The smallest absolute Gasteiger partial charge is 0.225 e. The van der Waals surface area contributed by atoms with Gasteiger partial charge in [-0.05, 0) is 39.7 Å². The van der Waals surface area contributed by atoms with E-state index in [1.165, 1.54) is 5.69 Å². The Balaban J connectivity index is 1.81. The largest absolute Gasteiger partial charge is 0.357 e. The number of rotatable bonds is 7. The number of guanidine groups is 1. The van der Waals surface area contributed by atoms with Gasteiger partial charge in [0.1, 0.15) is 0 Å². The highest BCUT2D eigenvalue weighted by atomic mass is 16.2. The van der Waals surface area contributed by atoms with Crippen LogP contribution in [0, 0.1) is 19.8 Å². The molecule has 0 aliphatic carbocycles. The topological polar surface area (TPSA) is 74.6 Å². The van der Waals surface area contributed by atoms with Crippen molar-refractivity contribution in [1.29, 1.82) is 0 Å². The monoisotopic (exact) mass is 362 g/mol. The van der Waals surface area contributed by atoms with Gasteiger partial charge in [-0.25, -0.2) is 0 Å². The Kier molecular flexibility index (Phi) is 7.48. The zero-order chi connectivity index (χ0) is 19.1. The molecule has 146 valence electrons. The normalized spacial score (nSPS) is 17.8. The van der Waals surface area contributed by atoms with E-state index >= 15 is 0 Å². The van der Waals surface area contributed by atoms with Crippen LogP contribution in [0.5, 0.6) is 0 Å². The lowest BCUT2D eigenvalue weighted by molar-refractivity contribution is -0.133. The van der Waals surface area contributed by atoms with Crippen LogP contribution in [0.4, 0.5) is 0 Å². The average molecular weight is 363 g/mol. The molecule has 1 aromatic heterocycles. The molecule has 2 N–H and O–H groups in total. The maximum atomic E-state index is 12.1. The highest BCUT2D eigenvalue weighted by molar-refractivity contribution is 5.81. The molecule has 1 saturated heterocycles. The second-order valence-corrected chi connectivity index (χ2v) is 7.33. The Morgan fingerprint density at radius 1 is 1.42 bits per heavy atom. The summed E-state index contributed by atoms with van der Waals surface area (Å²) in [6.45, 7) is 14.1. The highest BCUT2D eigenvalue weighted by Gasteiger charge is 2.27. The summed E-state index contributed by atoms with van der Waals surface area (Å²) < 4.78 is 2.04. The van der Waals surface area contributed by atoms with E-state index in [2.05, 4.69) is 40.6 Å². The number of likely N-dealkylation sites (tertiary alicyclic amines) is 1. The summed E-state index contributed by atoms with van der Waals surface area (Å²) >= 11 is 0. The lowest BCUT2D eigenvalue weighted by Gasteiger charge is -2.20. The van der Waals surface area contributed by atoms with E-state index in [0.29, 0.717) is 0 Å². The molecular weight excluding hydrogens is 328 g/mol. The Hall–Kier alpha value is -2.05. The van der Waals surface area contributed by atoms with E-state index < -0.39 is 0 Å². The second kappa shape index (κ2) is 9.59. The van der Waals surface area contributed by atoms with Crippen LogP contribution in [0.2, 0.25) is 0 Å². The average Bonchev–Trinajstić information content (AvgIpc) is 3.17. The minimum Gasteiger partial charge on any atom is -0.357 e. The van der Waals surface area contributed by atoms with Crippen molar-refractivity contribution in [3.8, 4) is 0 Å². The molecule has 1 unspecified atom stereocenters. The third kappa shape index (κ3) is 5.75. The summed E-state index contributed by atoms with van der Waals surface area (Å²) in [7, 11) is 0. The molecule has 7 heteroatoms. The van der Waals surface area contributed by atoms with Crippen molar-refractivity contribution in [2.24, 2.45) is 10.9 Å². The number of carbonyl (C=O) groups is 1. The number of nitrogens with zero attached hydrogens (tertiary/aromatic N) is 4. The van der Waals surface area contributed by atoms with Gasteiger partial charge in [-0.15, -0.1) is 0 Å². The number of hydrogen-bond acceptors (Lipinski definition) is 3. The Labute approximate surface area is 157 Å². The van der Waals surface area contributed by atoms with E-state index in [0.717, 1.165) is 57.2 Å². The molecule has 1 aliphatic heterocycles. The van der Waals surface area contributed by atoms with Crippen molar-refractivity contribution in [2.75, 3.05) is 26.2 Å². The van der Waals surface area contributed by atoms with Crippen LogP contribution < -0.4 is 10.6 Å². The molecule has 0 spiro atoms. The molecule has 7 nitrogen and oxygen atoms in total. The predicted octanol–water partition coefficient (Wildman–Crippen LogP) is 1.70. The van der Waals surface area contributed by atoms with Crippen molar-refractivity contribution in [2.45, 2.75) is 60.0 Å². The highest BCUT2D eigenvalue weighted by Crippen LogP contribution is 2.12. The summed E-state index contributed by atoms with van der Waals surface area (Å²) in [4.78, 5) is 18.8. The van der Waals surface area contributed by atoms with Crippen molar-refractivity contribution < 1.29 is 4.79 Å². The van der Waals surface area contributed by atoms with Gasteiger partial charge in [-0.1, -0.05) is 13.8 Å². The zero-order valence-corrected chi connectivity index (χ0v) is 16.9. The fourth-order valence-electron chi connectivity index (χ4n) is 3.27. The zero-order valence-electron chi connectivity index (χ0n) is 16.9. The van der Waals surface area contributed by atoms with E-state index in [4.69, 9.17) is 0 Å². The van der Waals surface area contributed by atoms with Gasteiger partial charge in [0.05, 0.1) is 5.69 Å². The van der Waals surface area contributed by atoms with Crippen LogP contribution in [0.25, 0.3) is 0 Å². The predicted molar refractivity (Wildman–Crippen MR) is 105 cm³/mol. The number of amides is 1. The number of carbonyl (C=O) groups excluding carboxylic acids is 1. The molecule has 1 fully saturated rings. The molecule has 1 aliphatic rings. The minimum absolute atomic E-state index is 0.0602. The van der Waals surface area contributed by atoms with Gasteiger partial charge in [-0.2, -0.15) is 5.10 Å². The number of aryl methyl sites for hydroxylation is 3. The summed E-state index contributed by atoms with van der Waals surface area (Å²) in [6.07, 6.45) is 1.91. The Morgan fingerprint density at radius 2 is 2.19 bits per heavy atom. The Morgan fingerprint density at radius 3 is 2.81 bits per heavy atom. The fraction of sp³-hybridized carbons (Fsp3) is 0.737. The van der Waals surface area contributed by atoms with E-state index in [-0.39, 0.29) is 17.9 Å². The number of aliphatic imine (C=N–C) groups is 1. The Bertz CT molecular complexity index is 622. The van der Waals surface area contributed by atoms with Gasteiger partial charge in [-0.3, -0.25) is 14.5 Å². The first kappa shape index (κ1) is 20.3. The molecule has 1 amide bonds. The summed E-state index contributed by atoms with van der Waals surface area (Å²) in [6, 6.07) is 2.37. The molecule has 26 heavy (non-hydrogen) atoms. The van der Waals surface area contributed by atoms with Gasteiger partial charge in [0.25, 0.3) is 0 Å². The van der Waals surface area contributed by atoms with Gasteiger partial charge in [0.2, 0.25) is 5.91 Å². The molecule has 0 radical (unpaired) electrons. The molecular formula is C19H34N6O. The third-order valence-electron chi connectivity index (χ3n) is 4.58. The van der Waals surface area contributed by atoms with Crippen LogP contribution in [0.1, 0.15) is 45.0 Å². The molecule has 1 atom stereocenters. The third-order valence-corrected chi connectivity index (χ3v) is 4.58. The number of nitrogens with one attached hydrogen (secondary N) is 2. The van der Waals surface area contributed by atoms with E-state index in [1.54, 1.807) is 0 Å². The van der Waals surface area contributed by atoms with Crippen LogP contribution in [-0.4, -0.2) is 58.8 Å². The van der Waals surface area contributed by atoms with E-state index in [9.17, 15) is 4.79 Å². The molecule has 1 aromatic rings. The van der Waals surface area contributed by atoms with Gasteiger partial charge in [0, 0.05) is 50.4 Å². The summed E-state index contributed by atoms with van der Waals surface area (Å²) in [5.74, 6) is 1.14. The van der Waals surface area contributed by atoms with Crippen molar-refractivity contribution in [1.82, 2.24) is 25.3 Å². The first-order chi connectivity index (χ1) is 12.4. The summed E-state index contributed by atoms with van der Waals surface area (Å²) in [5, 5.41) is 11.3. The minimum atomic E-state index is 0.0602. The van der Waals surface area contributed by atoms with Crippen molar-refractivity contribution >= 4 is 11.9 Å². The molecule has 2 rings (SSSR count). The van der Waals surface area contributed by atoms with Crippen molar-refractivity contribution in [3.63, 3.8) is 0 Å². The maximum Gasteiger partial charge on any atom is 0.225 e. The van der Waals surface area contributed by atoms with Crippen molar-refractivity contribution in [3.05, 3.63) is 17.5 Å². The number of hydrogen-bond donors (Lipinski definition) is 2. The van der Waals surface area contributed by atoms with Gasteiger partial charge in [0.15, 0.2) is 5.96 Å². The van der Waals surface area contributed by atoms with Crippen LogP contribution in [-0.2, 0) is 11.3 Å². The van der Waals surface area contributed by atoms with Crippen LogP contribution >= 0.6 is 0 Å². The number of aromatic nitrogens is 2. The molecule has 2 heterocycles. The molecule has 0 bridgehead atoms. The second-order valence-electron chi connectivity index (χ2n) is 7.33. The SMILES string of the molecule is CCNC(=NCCCn1nc(C)cc1C)NC1CCN(C(=O)C(C)C)C1. The fourth-order valence-corrected chi connectivity index (χ4v) is 3.27. The van der Waals surface area contributed by atoms with Gasteiger partial charge >= 0.3 is 0 Å². The quantitative estimate of drug-likeness (QED) is 0.440. The lowest BCUT2D eigenvalue weighted by atomic mass is 10.2.